The number of carbonyl (C=O) groups is 2. The first-order valence-corrected chi connectivity index (χ1v) is 11.3. The number of halogens is 2. The van der Waals surface area contributed by atoms with E-state index in [1.807, 2.05) is 32.9 Å². The van der Waals surface area contributed by atoms with Crippen LogP contribution < -0.4 is 16.5 Å². The Bertz CT molecular complexity index is 1160. The molecule has 2 aromatic carbocycles. The summed E-state index contributed by atoms with van der Waals surface area (Å²) in [7, 11) is 0. The van der Waals surface area contributed by atoms with Crippen LogP contribution in [0.15, 0.2) is 35.5 Å². The topological polar surface area (TPSA) is 115 Å². The van der Waals surface area contributed by atoms with Crippen LogP contribution in [0.4, 0.5) is 5.69 Å². The van der Waals surface area contributed by atoms with Crippen LogP contribution in [0.5, 0.6) is 0 Å². The van der Waals surface area contributed by atoms with Gasteiger partial charge in [-0.05, 0) is 50.1 Å². The molecule has 0 atom stereocenters. The van der Waals surface area contributed by atoms with E-state index in [2.05, 4.69) is 20.8 Å². The first-order chi connectivity index (χ1) is 15.2. The Balaban J connectivity index is 1.54. The van der Waals surface area contributed by atoms with Gasteiger partial charge in [-0.2, -0.15) is 0 Å². The number of hydrogen-bond donors (Lipinski definition) is 3. The molecule has 168 valence electrons. The van der Waals surface area contributed by atoms with Crippen molar-refractivity contribution in [2.75, 3.05) is 23.5 Å². The molecule has 0 radical (unpaired) electrons. The Labute approximate surface area is 199 Å². The number of anilines is 1. The molecule has 1 heterocycles. The number of amides is 2. The van der Waals surface area contributed by atoms with E-state index in [0.717, 1.165) is 34.1 Å². The molecule has 8 nitrogen and oxygen atoms in total. The number of rotatable bonds is 7. The highest BCUT2D eigenvalue weighted by Gasteiger charge is 2.17. The lowest BCUT2D eigenvalue weighted by molar-refractivity contribution is -0.122. The summed E-state index contributed by atoms with van der Waals surface area (Å²) >= 11 is 13.3. The second-order valence-corrected chi connectivity index (χ2v) is 8.97. The van der Waals surface area contributed by atoms with Crippen LogP contribution in [-0.4, -0.2) is 39.0 Å². The van der Waals surface area contributed by atoms with Crippen molar-refractivity contribution in [3.8, 4) is 11.4 Å². The summed E-state index contributed by atoms with van der Waals surface area (Å²) in [6, 6.07) is 8.91. The monoisotopic (exact) mass is 492 g/mol. The molecule has 0 saturated heterocycles. The molecule has 0 spiro atoms. The molecule has 2 amide bonds. The van der Waals surface area contributed by atoms with Crippen molar-refractivity contribution in [1.82, 2.24) is 20.2 Å². The quantitative estimate of drug-likeness (QED) is 0.341. The predicted octanol–water partition coefficient (Wildman–Crippen LogP) is 3.74. The summed E-state index contributed by atoms with van der Waals surface area (Å²) in [6.45, 7) is 5.71. The van der Waals surface area contributed by atoms with Crippen molar-refractivity contribution in [3.05, 3.63) is 57.1 Å². The van der Waals surface area contributed by atoms with Gasteiger partial charge in [-0.15, -0.1) is 10.2 Å². The maximum atomic E-state index is 12.3. The van der Waals surface area contributed by atoms with E-state index in [-0.39, 0.29) is 24.1 Å². The summed E-state index contributed by atoms with van der Waals surface area (Å²) in [5.41, 5.74) is 4.35. The highest BCUT2D eigenvalue weighted by molar-refractivity contribution is 7.99. The molecular formula is C21H22Cl2N6O2S. The van der Waals surface area contributed by atoms with Gasteiger partial charge in [0.2, 0.25) is 17.0 Å². The minimum atomic E-state index is -0.340. The first kappa shape index (κ1) is 23.9. The molecule has 0 saturated carbocycles. The van der Waals surface area contributed by atoms with Crippen LogP contribution in [0, 0.1) is 20.8 Å². The van der Waals surface area contributed by atoms with Gasteiger partial charge < -0.3 is 16.5 Å². The molecular weight excluding hydrogens is 471 g/mol. The van der Waals surface area contributed by atoms with Crippen LogP contribution in [0.3, 0.4) is 0 Å². The molecule has 0 unspecified atom stereocenters. The number of hydrogen-bond acceptors (Lipinski definition) is 6. The molecule has 0 aliphatic heterocycles. The maximum Gasteiger partial charge on any atom is 0.243 e. The Morgan fingerprint density at radius 2 is 1.75 bits per heavy atom. The summed E-state index contributed by atoms with van der Waals surface area (Å²) in [5, 5.41) is 14.7. The Hall–Kier alpha value is -2.75. The van der Waals surface area contributed by atoms with Crippen molar-refractivity contribution in [1.29, 1.82) is 0 Å². The average Bonchev–Trinajstić information content (AvgIpc) is 3.09. The van der Waals surface area contributed by atoms with Crippen LogP contribution in [0.2, 0.25) is 10.0 Å². The third-order valence-electron chi connectivity index (χ3n) is 4.55. The Kier molecular flexibility index (Phi) is 7.65. The van der Waals surface area contributed by atoms with Crippen LogP contribution >= 0.6 is 35.0 Å². The number of carbonyl (C=O) groups excluding carboxylic acids is 2. The zero-order chi connectivity index (χ0) is 23.4. The first-order valence-electron chi connectivity index (χ1n) is 9.59. The fraction of sp³-hybridized carbons (Fsp3) is 0.238. The number of nitrogens with zero attached hydrogens (tertiary/aromatic N) is 3. The lowest BCUT2D eigenvalue weighted by atomic mass is 10.1. The predicted molar refractivity (Wildman–Crippen MR) is 129 cm³/mol. The van der Waals surface area contributed by atoms with Gasteiger partial charge in [0.15, 0.2) is 5.82 Å². The highest BCUT2D eigenvalue weighted by atomic mass is 35.5. The SMILES string of the molecule is Cc1cc(C)c(NC(=O)CNC(=O)CSc2nnc(-c3cc(Cl)ccc3Cl)n2N)c(C)c1. The lowest BCUT2D eigenvalue weighted by Gasteiger charge is -2.13. The van der Waals surface area contributed by atoms with E-state index >= 15 is 0 Å². The summed E-state index contributed by atoms with van der Waals surface area (Å²) in [5.74, 6) is 5.74. The number of thioether (sulfide) groups is 1. The molecule has 0 fully saturated rings. The molecule has 1 aromatic heterocycles. The fourth-order valence-corrected chi connectivity index (χ4v) is 4.21. The number of benzene rings is 2. The lowest BCUT2D eigenvalue weighted by Crippen LogP contribution is -2.34. The zero-order valence-electron chi connectivity index (χ0n) is 17.7. The highest BCUT2D eigenvalue weighted by Crippen LogP contribution is 2.30. The van der Waals surface area contributed by atoms with E-state index < -0.39 is 0 Å². The number of nitrogens with two attached hydrogens (primary N) is 1. The van der Waals surface area contributed by atoms with Gasteiger partial charge in [0.05, 0.1) is 17.3 Å². The molecule has 4 N–H and O–H groups in total. The minimum Gasteiger partial charge on any atom is -0.346 e. The molecule has 0 aliphatic rings. The van der Waals surface area contributed by atoms with Crippen molar-refractivity contribution >= 4 is 52.5 Å². The largest absolute Gasteiger partial charge is 0.346 e. The van der Waals surface area contributed by atoms with Gasteiger partial charge in [0.25, 0.3) is 0 Å². The van der Waals surface area contributed by atoms with E-state index in [1.54, 1.807) is 18.2 Å². The van der Waals surface area contributed by atoms with Gasteiger partial charge in [-0.25, -0.2) is 4.68 Å². The van der Waals surface area contributed by atoms with Crippen molar-refractivity contribution < 1.29 is 9.59 Å². The normalized spacial score (nSPS) is 10.8. The molecule has 32 heavy (non-hydrogen) atoms. The molecule has 3 aromatic rings. The van der Waals surface area contributed by atoms with Crippen molar-refractivity contribution in [2.24, 2.45) is 0 Å². The van der Waals surface area contributed by atoms with Gasteiger partial charge >= 0.3 is 0 Å². The second kappa shape index (κ2) is 10.2. The van der Waals surface area contributed by atoms with E-state index in [0.29, 0.717) is 26.6 Å². The van der Waals surface area contributed by atoms with Gasteiger partial charge in [0.1, 0.15) is 0 Å². The van der Waals surface area contributed by atoms with Crippen LogP contribution in [0.1, 0.15) is 16.7 Å². The second-order valence-electron chi connectivity index (χ2n) is 7.19. The van der Waals surface area contributed by atoms with Crippen LogP contribution in [0.25, 0.3) is 11.4 Å². The molecule has 3 rings (SSSR count). The van der Waals surface area contributed by atoms with Gasteiger partial charge in [0, 0.05) is 16.3 Å². The van der Waals surface area contributed by atoms with Gasteiger partial charge in [-0.1, -0.05) is 52.7 Å². The Morgan fingerprint density at radius 3 is 2.44 bits per heavy atom. The number of aryl methyl sites for hydroxylation is 3. The van der Waals surface area contributed by atoms with E-state index in [4.69, 9.17) is 29.0 Å². The number of nitrogens with one attached hydrogen (secondary N) is 2. The summed E-state index contributed by atoms with van der Waals surface area (Å²) in [6.07, 6.45) is 0. The molecule has 0 aliphatic carbocycles. The van der Waals surface area contributed by atoms with Crippen molar-refractivity contribution in [3.63, 3.8) is 0 Å². The third-order valence-corrected chi connectivity index (χ3v) is 6.06. The molecule has 11 heteroatoms. The average molecular weight is 493 g/mol. The van der Waals surface area contributed by atoms with Crippen LogP contribution in [-0.2, 0) is 9.59 Å². The Morgan fingerprint density at radius 1 is 1.06 bits per heavy atom. The van der Waals surface area contributed by atoms with E-state index in [9.17, 15) is 9.59 Å². The maximum absolute atomic E-state index is 12.3. The number of aromatic nitrogens is 3. The summed E-state index contributed by atoms with van der Waals surface area (Å²) in [4.78, 5) is 24.4. The smallest absolute Gasteiger partial charge is 0.243 e. The van der Waals surface area contributed by atoms with Gasteiger partial charge in [-0.3, -0.25) is 9.59 Å². The standard InChI is InChI=1S/C21H22Cl2N6O2S/c1-11-6-12(2)19(13(3)7-11)26-17(30)9-25-18(31)10-32-21-28-27-20(29(21)24)15-8-14(22)4-5-16(15)23/h4-8H,9-10,24H2,1-3H3,(H,25,31)(H,26,30). The minimum absolute atomic E-state index is 0.00841. The van der Waals surface area contributed by atoms with Crippen molar-refractivity contribution in [2.45, 2.75) is 25.9 Å². The van der Waals surface area contributed by atoms with E-state index in [1.165, 1.54) is 4.68 Å². The fourth-order valence-electron chi connectivity index (χ4n) is 3.15. The molecule has 0 bridgehead atoms. The summed E-state index contributed by atoms with van der Waals surface area (Å²) < 4.78 is 1.24. The number of nitrogen functional groups attached to an aromatic ring is 1. The third kappa shape index (κ3) is 5.73. The zero-order valence-corrected chi connectivity index (χ0v) is 20.0.